The van der Waals surface area contributed by atoms with Crippen LogP contribution in [-0.4, -0.2) is 21.6 Å². The summed E-state index contributed by atoms with van der Waals surface area (Å²) < 4.78 is 7.28. The number of carbonyl (C=O) groups excluding carboxylic acids is 2. The number of hydrogen-bond acceptors (Lipinski definition) is 4. The van der Waals surface area contributed by atoms with Crippen LogP contribution in [0.4, 0.5) is 11.5 Å². The molecule has 1 fully saturated rings. The first-order chi connectivity index (χ1) is 15.1. The van der Waals surface area contributed by atoms with Crippen LogP contribution in [0.1, 0.15) is 42.6 Å². The van der Waals surface area contributed by atoms with Crippen molar-refractivity contribution in [1.82, 2.24) is 9.78 Å². The van der Waals surface area contributed by atoms with Gasteiger partial charge in [0.1, 0.15) is 17.3 Å². The summed E-state index contributed by atoms with van der Waals surface area (Å²) in [6.45, 7) is 0. The van der Waals surface area contributed by atoms with E-state index in [4.69, 9.17) is 4.74 Å². The van der Waals surface area contributed by atoms with Crippen LogP contribution in [0.5, 0.6) is 11.5 Å². The molecule has 1 aliphatic carbocycles. The summed E-state index contributed by atoms with van der Waals surface area (Å²) in [6, 6.07) is 18.2. The Balaban J connectivity index is 1.36. The zero-order valence-corrected chi connectivity index (χ0v) is 17.5. The van der Waals surface area contributed by atoms with Crippen molar-refractivity contribution in [3.8, 4) is 11.5 Å². The van der Waals surface area contributed by atoms with Crippen molar-refractivity contribution < 1.29 is 14.3 Å². The van der Waals surface area contributed by atoms with Crippen LogP contribution in [0.3, 0.4) is 0 Å². The fourth-order valence-corrected chi connectivity index (χ4v) is 3.71. The molecule has 2 aromatic carbocycles. The molecule has 2 amide bonds. The topological polar surface area (TPSA) is 85.2 Å². The second kappa shape index (κ2) is 9.47. The molecule has 0 atom stereocenters. The van der Waals surface area contributed by atoms with E-state index in [9.17, 15) is 9.59 Å². The molecule has 0 radical (unpaired) electrons. The van der Waals surface area contributed by atoms with Crippen molar-refractivity contribution in [3.63, 3.8) is 0 Å². The Kier molecular flexibility index (Phi) is 6.31. The van der Waals surface area contributed by atoms with Crippen LogP contribution in [0.25, 0.3) is 0 Å². The maximum Gasteiger partial charge on any atom is 0.276 e. The smallest absolute Gasteiger partial charge is 0.276 e. The largest absolute Gasteiger partial charge is 0.457 e. The molecule has 1 aliphatic rings. The van der Waals surface area contributed by atoms with Gasteiger partial charge in [0, 0.05) is 24.7 Å². The normalized spacial score (nSPS) is 14.1. The van der Waals surface area contributed by atoms with Gasteiger partial charge in [0.05, 0.1) is 0 Å². The summed E-state index contributed by atoms with van der Waals surface area (Å²) in [7, 11) is 1.71. The average Bonchev–Trinajstić information content (AvgIpc) is 3.17. The van der Waals surface area contributed by atoms with E-state index in [2.05, 4.69) is 15.7 Å². The third kappa shape index (κ3) is 5.31. The molecule has 7 heteroatoms. The Labute approximate surface area is 181 Å². The molecule has 0 spiro atoms. The van der Waals surface area contributed by atoms with E-state index in [-0.39, 0.29) is 23.4 Å². The van der Waals surface area contributed by atoms with E-state index in [1.807, 2.05) is 30.3 Å². The second-order valence-corrected chi connectivity index (χ2v) is 7.76. The number of ether oxygens (including phenoxy) is 1. The molecule has 4 rings (SSSR count). The molecule has 1 heterocycles. The standard InChI is InChI=1S/C24H26N4O3/c1-28-22(26-23(29)17-8-4-2-5-9-17)16-21(27-28)24(30)25-18-12-14-20(15-13-18)31-19-10-6-3-7-11-19/h3,6-7,10-17H,2,4-5,8-9H2,1H3,(H,25,30)(H,26,29). The van der Waals surface area contributed by atoms with Crippen LogP contribution in [0, 0.1) is 5.92 Å². The first-order valence-electron chi connectivity index (χ1n) is 10.6. The molecular formula is C24H26N4O3. The summed E-state index contributed by atoms with van der Waals surface area (Å²) in [5.41, 5.74) is 0.870. The van der Waals surface area contributed by atoms with Gasteiger partial charge in [0.25, 0.3) is 5.91 Å². The van der Waals surface area contributed by atoms with Crippen molar-refractivity contribution in [2.75, 3.05) is 10.6 Å². The number of hydrogen-bond donors (Lipinski definition) is 2. The number of anilines is 2. The van der Waals surface area contributed by atoms with Crippen molar-refractivity contribution in [3.05, 3.63) is 66.4 Å². The number of amides is 2. The van der Waals surface area contributed by atoms with Gasteiger partial charge >= 0.3 is 0 Å². The summed E-state index contributed by atoms with van der Waals surface area (Å²) in [5, 5.41) is 9.98. The zero-order valence-electron chi connectivity index (χ0n) is 17.5. The molecular weight excluding hydrogens is 392 g/mol. The molecule has 0 bridgehead atoms. The van der Waals surface area contributed by atoms with Gasteiger partial charge in [-0.05, 0) is 49.2 Å². The lowest BCUT2D eigenvalue weighted by atomic mass is 9.89. The predicted octanol–water partition coefficient (Wildman–Crippen LogP) is 4.98. The molecule has 31 heavy (non-hydrogen) atoms. The SMILES string of the molecule is Cn1nc(C(=O)Nc2ccc(Oc3ccccc3)cc2)cc1NC(=O)C1CCCCC1. The van der Waals surface area contributed by atoms with Crippen LogP contribution in [0.2, 0.25) is 0 Å². The van der Waals surface area contributed by atoms with Gasteiger partial charge < -0.3 is 15.4 Å². The summed E-state index contributed by atoms with van der Waals surface area (Å²) in [5.74, 6) is 1.64. The highest BCUT2D eigenvalue weighted by atomic mass is 16.5. The van der Waals surface area contributed by atoms with E-state index >= 15 is 0 Å². The lowest BCUT2D eigenvalue weighted by Gasteiger charge is -2.20. The van der Waals surface area contributed by atoms with Crippen LogP contribution >= 0.6 is 0 Å². The maximum atomic E-state index is 12.6. The predicted molar refractivity (Wildman–Crippen MR) is 119 cm³/mol. The number of rotatable bonds is 6. The van der Waals surface area contributed by atoms with Crippen molar-refractivity contribution in [2.24, 2.45) is 13.0 Å². The summed E-state index contributed by atoms with van der Waals surface area (Å²) in [4.78, 5) is 25.1. The molecule has 0 aliphatic heterocycles. The average molecular weight is 418 g/mol. The summed E-state index contributed by atoms with van der Waals surface area (Å²) >= 11 is 0. The number of aryl methyl sites for hydroxylation is 1. The lowest BCUT2D eigenvalue weighted by Crippen LogP contribution is -2.25. The number of para-hydroxylation sites is 1. The zero-order chi connectivity index (χ0) is 21.6. The summed E-state index contributed by atoms with van der Waals surface area (Å²) in [6.07, 6.45) is 5.21. The van der Waals surface area contributed by atoms with Crippen molar-refractivity contribution >= 4 is 23.3 Å². The number of nitrogens with zero attached hydrogens (tertiary/aromatic N) is 2. The minimum atomic E-state index is -0.342. The van der Waals surface area contributed by atoms with E-state index in [1.54, 1.807) is 37.4 Å². The Morgan fingerprint density at radius 2 is 1.61 bits per heavy atom. The highest BCUT2D eigenvalue weighted by molar-refractivity contribution is 6.04. The molecule has 7 nitrogen and oxygen atoms in total. The third-order valence-electron chi connectivity index (χ3n) is 5.43. The van der Waals surface area contributed by atoms with Gasteiger partial charge in [-0.25, -0.2) is 0 Å². The third-order valence-corrected chi connectivity index (χ3v) is 5.43. The lowest BCUT2D eigenvalue weighted by molar-refractivity contribution is -0.120. The van der Waals surface area contributed by atoms with Gasteiger partial charge in [-0.3, -0.25) is 14.3 Å². The van der Waals surface area contributed by atoms with Gasteiger partial charge in [0.15, 0.2) is 5.69 Å². The van der Waals surface area contributed by atoms with Gasteiger partial charge in [0.2, 0.25) is 5.91 Å². The number of nitrogens with one attached hydrogen (secondary N) is 2. The molecule has 0 unspecified atom stereocenters. The molecule has 1 aromatic heterocycles. The van der Waals surface area contributed by atoms with Crippen molar-refractivity contribution in [2.45, 2.75) is 32.1 Å². The monoisotopic (exact) mass is 418 g/mol. The van der Waals surface area contributed by atoms with Gasteiger partial charge in [-0.1, -0.05) is 37.5 Å². The number of benzene rings is 2. The molecule has 2 N–H and O–H groups in total. The Hall–Kier alpha value is -3.61. The molecule has 0 saturated heterocycles. The number of carbonyl (C=O) groups is 2. The highest BCUT2D eigenvalue weighted by Crippen LogP contribution is 2.25. The Morgan fingerprint density at radius 3 is 2.32 bits per heavy atom. The van der Waals surface area contributed by atoms with Gasteiger partial charge in [-0.15, -0.1) is 0 Å². The Morgan fingerprint density at radius 1 is 0.935 bits per heavy atom. The highest BCUT2D eigenvalue weighted by Gasteiger charge is 2.23. The van der Waals surface area contributed by atoms with E-state index in [1.165, 1.54) is 11.1 Å². The minimum absolute atomic E-state index is 0.00339. The van der Waals surface area contributed by atoms with E-state index in [0.717, 1.165) is 31.4 Å². The molecule has 3 aromatic rings. The second-order valence-electron chi connectivity index (χ2n) is 7.76. The quantitative estimate of drug-likeness (QED) is 0.591. The van der Waals surface area contributed by atoms with Crippen molar-refractivity contribution in [1.29, 1.82) is 0 Å². The molecule has 1 saturated carbocycles. The van der Waals surface area contributed by atoms with Crippen LogP contribution in [0.15, 0.2) is 60.7 Å². The molecule has 160 valence electrons. The minimum Gasteiger partial charge on any atom is -0.457 e. The first kappa shape index (κ1) is 20.7. The number of aromatic nitrogens is 2. The van der Waals surface area contributed by atoms with Crippen LogP contribution < -0.4 is 15.4 Å². The van der Waals surface area contributed by atoms with E-state index < -0.39 is 0 Å². The van der Waals surface area contributed by atoms with Crippen LogP contribution in [-0.2, 0) is 11.8 Å². The maximum absolute atomic E-state index is 12.6. The Bertz CT molecular complexity index is 1040. The first-order valence-corrected chi connectivity index (χ1v) is 10.6. The fraction of sp³-hybridized carbons (Fsp3) is 0.292. The van der Waals surface area contributed by atoms with Gasteiger partial charge in [-0.2, -0.15) is 5.10 Å². The fourth-order valence-electron chi connectivity index (χ4n) is 3.71. The van der Waals surface area contributed by atoms with E-state index in [0.29, 0.717) is 17.3 Å².